The Kier molecular flexibility index (Phi) is 2.99. The van der Waals surface area contributed by atoms with Gasteiger partial charge in [-0.2, -0.15) is 8.78 Å². The van der Waals surface area contributed by atoms with Gasteiger partial charge in [0.05, 0.1) is 0 Å². The van der Waals surface area contributed by atoms with Gasteiger partial charge in [0.1, 0.15) is 11.4 Å². The lowest BCUT2D eigenvalue weighted by Crippen LogP contribution is -2.69. The van der Waals surface area contributed by atoms with Gasteiger partial charge in [0.15, 0.2) is 0 Å². The maximum atomic E-state index is 11.7. The van der Waals surface area contributed by atoms with Crippen molar-refractivity contribution < 1.29 is 18.8 Å². The molecule has 0 unspecified atom stereocenters. The second kappa shape index (κ2) is 4.01. The molecule has 0 aliphatic heterocycles. The Hall–Kier alpha value is -1.16. The third-order valence-corrected chi connectivity index (χ3v) is 1.34. The number of halogens is 2. The fourth-order valence-electron chi connectivity index (χ4n) is 0.785. The molecule has 0 fully saturated rings. The van der Waals surface area contributed by atoms with Crippen molar-refractivity contribution in [2.75, 3.05) is 0 Å². The molecule has 0 radical (unpaired) electrons. The van der Waals surface area contributed by atoms with Crippen LogP contribution in [-0.4, -0.2) is 6.61 Å². The summed E-state index contributed by atoms with van der Waals surface area (Å²) in [7, 11) is 3.53. The van der Waals surface area contributed by atoms with Crippen LogP contribution in [0.3, 0.4) is 0 Å². The molecule has 0 heterocycles. The number of alkyl halides is 2. The zero-order valence-electron chi connectivity index (χ0n) is 6.34. The van der Waals surface area contributed by atoms with E-state index in [1.807, 2.05) is 0 Å². The molecule has 4 heteroatoms. The normalized spacial score (nSPS) is 10.3. The molecule has 0 aliphatic carbocycles. The lowest BCUT2D eigenvalue weighted by molar-refractivity contribution is -0.504. The van der Waals surface area contributed by atoms with Gasteiger partial charge < -0.3 is 10.1 Å². The number of benzene rings is 1. The highest BCUT2D eigenvalue weighted by Gasteiger charge is 2.02. The first-order valence-electron chi connectivity index (χ1n) is 3.39. The van der Waals surface area contributed by atoms with Gasteiger partial charge >= 0.3 is 6.61 Å². The largest absolute Gasteiger partial charge is 0.446 e. The second-order valence-electron chi connectivity index (χ2n) is 2.15. The smallest absolute Gasteiger partial charge is 0.387 e. The Labute approximate surface area is 69.2 Å². The van der Waals surface area contributed by atoms with Crippen LogP contribution in [0, 0.1) is 7.05 Å². The van der Waals surface area contributed by atoms with E-state index in [1.54, 1.807) is 17.4 Å². The number of ether oxygens (including phenoxy) is 1. The van der Waals surface area contributed by atoms with E-state index in [9.17, 15) is 8.78 Å². The fraction of sp³-hybridized carbons (Fsp3) is 0.125. The summed E-state index contributed by atoms with van der Waals surface area (Å²) in [5.74, 6) is 0.163. The van der Waals surface area contributed by atoms with Crippen LogP contribution in [0.5, 0.6) is 5.75 Å². The average molecular weight is 173 g/mol. The molecule has 2 N–H and O–H groups in total. The summed E-state index contributed by atoms with van der Waals surface area (Å²) in [6.45, 7) is -2.76. The SMILES string of the molecule is [CH2-][NH2+]c1ccc(OC(F)F)cc1. The number of hydrogen-bond acceptors (Lipinski definition) is 1. The minimum Gasteiger partial charge on any atom is -0.446 e. The van der Waals surface area contributed by atoms with Gasteiger partial charge in [-0.15, -0.1) is 7.05 Å². The Bertz CT molecular complexity index is 235. The summed E-state index contributed by atoms with van der Waals surface area (Å²) in [6, 6.07) is 6.27. The Morgan fingerprint density at radius 1 is 1.25 bits per heavy atom. The summed E-state index contributed by atoms with van der Waals surface area (Å²) in [5, 5.41) is 1.63. The van der Waals surface area contributed by atoms with Crippen LogP contribution in [0.1, 0.15) is 0 Å². The Morgan fingerprint density at radius 3 is 2.25 bits per heavy atom. The molecule has 1 aromatic carbocycles. The minimum atomic E-state index is -2.76. The monoisotopic (exact) mass is 173 g/mol. The van der Waals surface area contributed by atoms with Crippen molar-refractivity contribution in [3.05, 3.63) is 31.3 Å². The van der Waals surface area contributed by atoms with Crippen molar-refractivity contribution in [2.24, 2.45) is 0 Å². The number of rotatable bonds is 3. The fourth-order valence-corrected chi connectivity index (χ4v) is 0.785. The predicted octanol–water partition coefficient (Wildman–Crippen LogP) is 1.27. The second-order valence-corrected chi connectivity index (χ2v) is 2.15. The van der Waals surface area contributed by atoms with Gasteiger partial charge in [-0.05, 0) is 12.1 Å². The van der Waals surface area contributed by atoms with Crippen LogP contribution in [0.15, 0.2) is 24.3 Å². The average Bonchev–Trinajstić information content (AvgIpc) is 2.05. The molecule has 0 saturated carbocycles. The molecule has 0 amide bonds. The van der Waals surface area contributed by atoms with Gasteiger partial charge in [-0.25, -0.2) is 0 Å². The molecule has 0 aromatic heterocycles. The molecule has 1 aromatic rings. The molecule has 12 heavy (non-hydrogen) atoms. The van der Waals surface area contributed by atoms with E-state index in [4.69, 9.17) is 0 Å². The molecule has 0 saturated heterocycles. The van der Waals surface area contributed by atoms with Crippen LogP contribution in [0.25, 0.3) is 0 Å². The molecule has 0 bridgehead atoms. The van der Waals surface area contributed by atoms with Gasteiger partial charge in [0, 0.05) is 12.1 Å². The predicted molar refractivity (Wildman–Crippen MR) is 40.0 cm³/mol. The van der Waals surface area contributed by atoms with Crippen molar-refractivity contribution >= 4 is 5.69 Å². The number of nitrogens with two attached hydrogens (primary N) is 1. The van der Waals surface area contributed by atoms with Crippen molar-refractivity contribution in [3.8, 4) is 5.75 Å². The summed E-state index contributed by atoms with van der Waals surface area (Å²) >= 11 is 0. The lowest BCUT2D eigenvalue weighted by atomic mass is 10.3. The van der Waals surface area contributed by atoms with Crippen LogP contribution < -0.4 is 10.1 Å². The molecule has 0 spiro atoms. The number of quaternary nitrogens is 1. The Balaban J connectivity index is 2.65. The first kappa shape index (κ1) is 8.93. The maximum Gasteiger partial charge on any atom is 0.387 e. The zero-order valence-corrected chi connectivity index (χ0v) is 6.34. The first-order valence-corrected chi connectivity index (χ1v) is 3.39. The quantitative estimate of drug-likeness (QED) is 0.540. The van der Waals surface area contributed by atoms with Crippen molar-refractivity contribution in [1.29, 1.82) is 0 Å². The zero-order chi connectivity index (χ0) is 8.97. The molecule has 1 rings (SSSR count). The van der Waals surface area contributed by atoms with E-state index in [0.29, 0.717) is 0 Å². The highest BCUT2D eigenvalue weighted by atomic mass is 19.3. The van der Waals surface area contributed by atoms with Crippen LogP contribution in [0.2, 0.25) is 0 Å². The molecular formula is C8H9F2NO. The van der Waals surface area contributed by atoms with Crippen molar-refractivity contribution in [1.82, 2.24) is 0 Å². The highest BCUT2D eigenvalue weighted by Crippen LogP contribution is 2.14. The van der Waals surface area contributed by atoms with Gasteiger partial charge in [0.25, 0.3) is 0 Å². The topological polar surface area (TPSA) is 25.8 Å². The highest BCUT2D eigenvalue weighted by molar-refractivity contribution is 5.35. The summed E-state index contributed by atoms with van der Waals surface area (Å²) in [5.41, 5.74) is 0.872. The van der Waals surface area contributed by atoms with Crippen LogP contribution >= 0.6 is 0 Å². The third kappa shape index (κ3) is 2.47. The van der Waals surface area contributed by atoms with Gasteiger partial charge in [-0.1, -0.05) is 0 Å². The van der Waals surface area contributed by atoms with E-state index < -0.39 is 6.61 Å². The summed E-state index contributed by atoms with van der Waals surface area (Å²) < 4.78 is 27.5. The van der Waals surface area contributed by atoms with Crippen molar-refractivity contribution in [3.63, 3.8) is 0 Å². The van der Waals surface area contributed by atoms with E-state index in [-0.39, 0.29) is 5.75 Å². The summed E-state index contributed by atoms with van der Waals surface area (Å²) in [4.78, 5) is 0. The maximum absolute atomic E-state index is 11.7. The molecule has 2 nitrogen and oxygen atoms in total. The van der Waals surface area contributed by atoms with Crippen LogP contribution in [-0.2, 0) is 0 Å². The standard InChI is InChI=1S/C8H9F2NO/c1-11-6-2-4-7(5-3-6)12-8(9)10/h2-5,8H,1,11H2. The van der Waals surface area contributed by atoms with Gasteiger partial charge in [0.2, 0.25) is 0 Å². The first-order chi connectivity index (χ1) is 5.72. The lowest BCUT2D eigenvalue weighted by Gasteiger charge is -2.04. The van der Waals surface area contributed by atoms with E-state index in [1.165, 1.54) is 12.1 Å². The van der Waals surface area contributed by atoms with E-state index >= 15 is 0 Å². The van der Waals surface area contributed by atoms with Crippen LogP contribution in [0.4, 0.5) is 14.5 Å². The molecule has 0 atom stereocenters. The molecule has 66 valence electrons. The van der Waals surface area contributed by atoms with Gasteiger partial charge in [-0.3, -0.25) is 0 Å². The van der Waals surface area contributed by atoms with E-state index in [0.717, 1.165) is 5.69 Å². The summed E-state index contributed by atoms with van der Waals surface area (Å²) in [6.07, 6.45) is 0. The Morgan fingerprint density at radius 2 is 1.83 bits per heavy atom. The van der Waals surface area contributed by atoms with Crippen molar-refractivity contribution in [2.45, 2.75) is 6.61 Å². The molecular weight excluding hydrogens is 164 g/mol. The minimum absolute atomic E-state index is 0.163. The third-order valence-electron chi connectivity index (χ3n) is 1.34. The molecule has 0 aliphatic rings. The number of hydrogen-bond donors (Lipinski definition) is 1. The van der Waals surface area contributed by atoms with E-state index in [2.05, 4.69) is 11.8 Å².